The Labute approximate surface area is 138 Å². The molecule has 0 saturated heterocycles. The molecular formula is C16H21BrN2OS. The summed E-state index contributed by atoms with van der Waals surface area (Å²) in [6, 6.07) is 6.12. The van der Waals surface area contributed by atoms with Crippen LogP contribution in [0.15, 0.2) is 28.1 Å². The van der Waals surface area contributed by atoms with E-state index in [0.29, 0.717) is 5.92 Å². The molecule has 3 nitrogen and oxygen atoms in total. The normalized spacial score (nSPS) is 12.7. The third-order valence-corrected chi connectivity index (χ3v) is 4.95. The molecule has 1 aromatic heterocycles. The van der Waals surface area contributed by atoms with Crippen LogP contribution < -0.4 is 10.1 Å². The van der Waals surface area contributed by atoms with Crippen LogP contribution in [0.4, 0.5) is 0 Å². The van der Waals surface area contributed by atoms with Crippen LogP contribution in [0.1, 0.15) is 49.0 Å². The van der Waals surface area contributed by atoms with E-state index in [0.717, 1.165) is 33.0 Å². The number of hydrogen-bond acceptors (Lipinski definition) is 4. The molecule has 0 spiro atoms. The molecule has 0 amide bonds. The van der Waals surface area contributed by atoms with Gasteiger partial charge in [-0.25, -0.2) is 4.98 Å². The van der Waals surface area contributed by atoms with Crippen LogP contribution in [0.2, 0.25) is 0 Å². The van der Waals surface area contributed by atoms with Crippen molar-refractivity contribution >= 4 is 27.3 Å². The third kappa shape index (κ3) is 3.84. The highest BCUT2D eigenvalue weighted by atomic mass is 79.9. The van der Waals surface area contributed by atoms with E-state index in [1.54, 1.807) is 18.4 Å². The molecule has 0 aliphatic heterocycles. The summed E-state index contributed by atoms with van der Waals surface area (Å²) in [5.74, 6) is 1.31. The Hall–Kier alpha value is -0.910. The van der Waals surface area contributed by atoms with E-state index >= 15 is 0 Å². The van der Waals surface area contributed by atoms with Gasteiger partial charge in [-0.05, 0) is 36.2 Å². The predicted molar refractivity (Wildman–Crippen MR) is 92.4 cm³/mol. The molecule has 1 heterocycles. The highest BCUT2D eigenvalue weighted by molar-refractivity contribution is 9.10. The van der Waals surface area contributed by atoms with Gasteiger partial charge in [-0.3, -0.25) is 0 Å². The van der Waals surface area contributed by atoms with Crippen LogP contribution >= 0.6 is 27.3 Å². The molecule has 0 aliphatic rings. The van der Waals surface area contributed by atoms with Crippen LogP contribution in [0.3, 0.4) is 0 Å². The molecule has 1 aromatic carbocycles. The van der Waals surface area contributed by atoms with Crippen molar-refractivity contribution in [3.05, 3.63) is 44.3 Å². The number of hydrogen-bond donors (Lipinski definition) is 1. The van der Waals surface area contributed by atoms with Gasteiger partial charge in [0.05, 0.1) is 18.8 Å². The standard InChI is InChI=1S/C16H21BrN2OS/c1-5-18-15(16-19-14(9-21-16)10(2)3)12-8-11(20-4)6-7-13(12)17/h6-10,15,18H,5H2,1-4H3. The quantitative estimate of drug-likeness (QED) is 0.799. The Morgan fingerprint density at radius 3 is 2.71 bits per heavy atom. The molecule has 21 heavy (non-hydrogen) atoms. The molecule has 2 aromatic rings. The lowest BCUT2D eigenvalue weighted by Gasteiger charge is -2.18. The topological polar surface area (TPSA) is 34.2 Å². The third-order valence-electron chi connectivity index (χ3n) is 3.30. The van der Waals surface area contributed by atoms with Crippen LogP contribution in [0, 0.1) is 0 Å². The monoisotopic (exact) mass is 368 g/mol. The maximum atomic E-state index is 5.35. The molecule has 0 fully saturated rings. The fourth-order valence-corrected chi connectivity index (χ4v) is 3.65. The van der Waals surface area contributed by atoms with Gasteiger partial charge in [-0.15, -0.1) is 11.3 Å². The highest BCUT2D eigenvalue weighted by Gasteiger charge is 2.20. The minimum atomic E-state index is 0.0805. The van der Waals surface area contributed by atoms with Crippen LogP contribution in [-0.2, 0) is 0 Å². The maximum absolute atomic E-state index is 5.35. The second kappa shape index (κ2) is 7.38. The molecule has 1 unspecified atom stereocenters. The maximum Gasteiger partial charge on any atom is 0.119 e. The molecule has 1 atom stereocenters. The smallest absolute Gasteiger partial charge is 0.119 e. The Kier molecular flexibility index (Phi) is 5.79. The SMILES string of the molecule is CCNC(c1nc(C(C)C)cs1)c1cc(OC)ccc1Br. The first-order valence-electron chi connectivity index (χ1n) is 7.09. The Bertz CT molecular complexity index is 598. The summed E-state index contributed by atoms with van der Waals surface area (Å²) < 4.78 is 6.42. The highest BCUT2D eigenvalue weighted by Crippen LogP contribution is 2.33. The largest absolute Gasteiger partial charge is 0.497 e. The number of ether oxygens (including phenoxy) is 1. The van der Waals surface area contributed by atoms with Gasteiger partial charge in [0.2, 0.25) is 0 Å². The predicted octanol–water partition coefficient (Wildman–Crippen LogP) is 4.74. The van der Waals surface area contributed by atoms with Gasteiger partial charge in [0.15, 0.2) is 0 Å². The number of methoxy groups -OCH3 is 1. The lowest BCUT2D eigenvalue weighted by molar-refractivity contribution is 0.413. The van der Waals surface area contributed by atoms with Crippen molar-refractivity contribution in [1.82, 2.24) is 10.3 Å². The molecular weight excluding hydrogens is 348 g/mol. The van der Waals surface area contributed by atoms with E-state index < -0.39 is 0 Å². The Morgan fingerprint density at radius 1 is 1.38 bits per heavy atom. The molecule has 2 rings (SSSR count). The zero-order valence-electron chi connectivity index (χ0n) is 12.8. The van der Waals surface area contributed by atoms with Crippen molar-refractivity contribution < 1.29 is 4.74 Å². The van der Waals surface area contributed by atoms with E-state index in [9.17, 15) is 0 Å². The first kappa shape index (κ1) is 16.5. The second-order valence-corrected chi connectivity index (χ2v) is 6.89. The number of benzene rings is 1. The van der Waals surface area contributed by atoms with Crippen LogP contribution in [-0.4, -0.2) is 18.6 Å². The van der Waals surface area contributed by atoms with Crippen LogP contribution in [0.5, 0.6) is 5.75 Å². The molecule has 1 N–H and O–H groups in total. The van der Waals surface area contributed by atoms with Crippen molar-refractivity contribution in [2.45, 2.75) is 32.7 Å². The summed E-state index contributed by atoms with van der Waals surface area (Å²) in [6.45, 7) is 7.33. The average Bonchev–Trinajstić information content (AvgIpc) is 2.95. The molecule has 0 saturated carbocycles. The Balaban J connectivity index is 2.42. The summed E-state index contributed by atoms with van der Waals surface area (Å²) in [7, 11) is 1.69. The van der Waals surface area contributed by atoms with E-state index in [2.05, 4.69) is 53.5 Å². The molecule has 114 valence electrons. The molecule has 0 radical (unpaired) electrons. The van der Waals surface area contributed by atoms with E-state index in [1.807, 2.05) is 12.1 Å². The van der Waals surface area contributed by atoms with E-state index in [4.69, 9.17) is 9.72 Å². The zero-order chi connectivity index (χ0) is 15.4. The van der Waals surface area contributed by atoms with Crippen molar-refractivity contribution in [2.24, 2.45) is 0 Å². The molecule has 0 bridgehead atoms. The fourth-order valence-electron chi connectivity index (χ4n) is 2.10. The van der Waals surface area contributed by atoms with Crippen molar-refractivity contribution in [3.63, 3.8) is 0 Å². The van der Waals surface area contributed by atoms with Gasteiger partial charge in [-0.2, -0.15) is 0 Å². The Morgan fingerprint density at radius 2 is 2.14 bits per heavy atom. The van der Waals surface area contributed by atoms with Gasteiger partial charge in [0.25, 0.3) is 0 Å². The number of halogens is 1. The first-order valence-corrected chi connectivity index (χ1v) is 8.76. The number of nitrogens with zero attached hydrogens (tertiary/aromatic N) is 1. The van der Waals surface area contributed by atoms with Gasteiger partial charge in [-0.1, -0.05) is 36.7 Å². The molecule has 5 heteroatoms. The average molecular weight is 369 g/mol. The summed E-state index contributed by atoms with van der Waals surface area (Å²) in [5, 5.41) is 6.77. The summed E-state index contributed by atoms with van der Waals surface area (Å²) in [6.07, 6.45) is 0. The van der Waals surface area contributed by atoms with Gasteiger partial charge in [0.1, 0.15) is 10.8 Å². The zero-order valence-corrected chi connectivity index (χ0v) is 15.2. The van der Waals surface area contributed by atoms with Crippen LogP contribution in [0.25, 0.3) is 0 Å². The van der Waals surface area contributed by atoms with Crippen molar-refractivity contribution in [1.29, 1.82) is 0 Å². The fraction of sp³-hybridized carbons (Fsp3) is 0.438. The first-order chi connectivity index (χ1) is 10.1. The number of rotatable bonds is 6. The molecule has 0 aliphatic carbocycles. The summed E-state index contributed by atoms with van der Waals surface area (Å²) in [5.41, 5.74) is 2.30. The van der Waals surface area contributed by atoms with Gasteiger partial charge < -0.3 is 10.1 Å². The minimum Gasteiger partial charge on any atom is -0.497 e. The van der Waals surface area contributed by atoms with E-state index in [-0.39, 0.29) is 6.04 Å². The lowest BCUT2D eigenvalue weighted by Crippen LogP contribution is -2.22. The summed E-state index contributed by atoms with van der Waals surface area (Å²) in [4.78, 5) is 4.80. The lowest BCUT2D eigenvalue weighted by atomic mass is 10.1. The number of aromatic nitrogens is 1. The van der Waals surface area contributed by atoms with Crippen molar-refractivity contribution in [2.75, 3.05) is 13.7 Å². The van der Waals surface area contributed by atoms with Crippen molar-refractivity contribution in [3.8, 4) is 5.75 Å². The minimum absolute atomic E-state index is 0.0805. The number of nitrogens with one attached hydrogen (secondary N) is 1. The van der Waals surface area contributed by atoms with Gasteiger partial charge >= 0.3 is 0 Å². The second-order valence-electron chi connectivity index (χ2n) is 5.14. The van der Waals surface area contributed by atoms with Gasteiger partial charge in [0, 0.05) is 9.85 Å². The summed E-state index contributed by atoms with van der Waals surface area (Å²) >= 11 is 5.35. The van der Waals surface area contributed by atoms with E-state index in [1.165, 1.54) is 0 Å². The number of thiazole rings is 1.